The van der Waals surface area contributed by atoms with Gasteiger partial charge in [-0.1, -0.05) is 0 Å². The first-order valence-corrected chi connectivity index (χ1v) is 3.59. The lowest BCUT2D eigenvalue weighted by molar-refractivity contribution is 0.618. The molecule has 0 unspecified atom stereocenters. The van der Waals surface area contributed by atoms with Gasteiger partial charge in [-0.05, 0) is 39.7 Å². The van der Waals surface area contributed by atoms with Gasteiger partial charge < -0.3 is 5.73 Å². The Bertz CT molecular complexity index is 237. The number of rotatable bonds is 1. The Labute approximate surface area is 67.2 Å². The maximum atomic E-state index is 12.6. The van der Waals surface area contributed by atoms with E-state index < -0.39 is 0 Å². The van der Waals surface area contributed by atoms with Gasteiger partial charge in [-0.2, -0.15) is 0 Å². The highest BCUT2D eigenvalue weighted by Crippen LogP contribution is 2.18. The van der Waals surface area contributed by atoms with Crippen molar-refractivity contribution in [3.63, 3.8) is 0 Å². The van der Waals surface area contributed by atoms with Gasteiger partial charge in [-0.3, -0.25) is 0 Å². The second-order valence-corrected chi connectivity index (χ2v) is 2.64. The molecule has 0 saturated heterocycles. The summed E-state index contributed by atoms with van der Waals surface area (Å²) in [7, 11) is 0. The van der Waals surface area contributed by atoms with Crippen molar-refractivity contribution in [1.82, 2.24) is 0 Å². The molecule has 1 aromatic carbocycles. The van der Waals surface area contributed by atoms with Crippen LogP contribution in [0, 0.1) is 11.9 Å². The van der Waals surface area contributed by atoms with Crippen LogP contribution in [0.2, 0.25) is 0 Å². The zero-order valence-corrected chi connectivity index (χ0v) is 6.78. The van der Waals surface area contributed by atoms with Crippen LogP contribution in [0.5, 0.6) is 0 Å². The van der Waals surface area contributed by atoms with E-state index in [-0.39, 0.29) is 5.82 Å². The average Bonchev–Trinajstić information content (AvgIpc) is 1.95. The zero-order chi connectivity index (χ0) is 7.56. The van der Waals surface area contributed by atoms with Gasteiger partial charge in [0.2, 0.25) is 0 Å². The van der Waals surface area contributed by atoms with Gasteiger partial charge in [0.05, 0.1) is 4.47 Å². The maximum Gasteiger partial charge on any atom is 0.138 e. The van der Waals surface area contributed by atoms with Gasteiger partial charge in [0.25, 0.3) is 0 Å². The standard InChI is InChI=1S/C7H6BrFN/c8-7-5(4-10)2-1-3-6(7)9/h2-3H,4,10H2. The largest absolute Gasteiger partial charge is 0.326 e. The first-order chi connectivity index (χ1) is 4.75. The molecule has 0 amide bonds. The Kier molecular flexibility index (Phi) is 2.40. The fourth-order valence-electron chi connectivity index (χ4n) is 0.644. The Hall–Kier alpha value is -0.410. The van der Waals surface area contributed by atoms with Gasteiger partial charge in [0.15, 0.2) is 0 Å². The monoisotopic (exact) mass is 202 g/mol. The van der Waals surface area contributed by atoms with E-state index in [1.165, 1.54) is 6.07 Å². The van der Waals surface area contributed by atoms with Crippen LogP contribution in [0.4, 0.5) is 4.39 Å². The molecule has 0 aromatic heterocycles. The summed E-state index contributed by atoms with van der Waals surface area (Å²) < 4.78 is 13.1. The molecule has 0 saturated carbocycles. The van der Waals surface area contributed by atoms with Crippen LogP contribution in [0.1, 0.15) is 5.56 Å². The molecule has 1 rings (SSSR count). The van der Waals surface area contributed by atoms with Crippen molar-refractivity contribution >= 4 is 15.9 Å². The highest BCUT2D eigenvalue weighted by Gasteiger charge is 2.01. The molecule has 1 aromatic rings. The predicted octanol–water partition coefficient (Wildman–Crippen LogP) is 1.85. The predicted molar refractivity (Wildman–Crippen MR) is 40.8 cm³/mol. The number of hydrogen-bond acceptors (Lipinski definition) is 1. The van der Waals surface area contributed by atoms with Crippen molar-refractivity contribution in [3.8, 4) is 0 Å². The van der Waals surface area contributed by atoms with Gasteiger partial charge >= 0.3 is 0 Å². The van der Waals surface area contributed by atoms with Gasteiger partial charge in [-0.25, -0.2) is 4.39 Å². The molecule has 0 atom stereocenters. The molecular formula is C7H6BrFN. The minimum atomic E-state index is -0.317. The SMILES string of the molecule is NCc1c[c]cc(F)c1Br. The summed E-state index contributed by atoms with van der Waals surface area (Å²) in [6, 6.07) is 5.56. The Morgan fingerprint density at radius 2 is 2.30 bits per heavy atom. The first kappa shape index (κ1) is 7.69. The molecule has 53 valence electrons. The van der Waals surface area contributed by atoms with Crippen molar-refractivity contribution in [1.29, 1.82) is 0 Å². The maximum absolute atomic E-state index is 12.6. The Morgan fingerprint density at radius 3 is 2.80 bits per heavy atom. The number of hydrogen-bond donors (Lipinski definition) is 1. The fraction of sp³-hybridized carbons (Fsp3) is 0.143. The van der Waals surface area contributed by atoms with Crippen molar-refractivity contribution in [3.05, 3.63) is 34.1 Å². The van der Waals surface area contributed by atoms with Crippen LogP contribution in [0.15, 0.2) is 16.6 Å². The van der Waals surface area contributed by atoms with Gasteiger partial charge in [0.1, 0.15) is 5.82 Å². The fourth-order valence-corrected chi connectivity index (χ4v) is 1.03. The Morgan fingerprint density at radius 1 is 1.60 bits per heavy atom. The minimum Gasteiger partial charge on any atom is -0.326 e. The van der Waals surface area contributed by atoms with Crippen molar-refractivity contribution < 1.29 is 4.39 Å². The molecule has 1 nitrogen and oxygen atoms in total. The molecule has 0 aliphatic heterocycles. The van der Waals surface area contributed by atoms with Gasteiger partial charge in [0, 0.05) is 6.54 Å². The molecule has 0 aliphatic carbocycles. The molecule has 0 aliphatic rings. The van der Waals surface area contributed by atoms with Crippen LogP contribution in [0.3, 0.4) is 0 Å². The minimum absolute atomic E-state index is 0.317. The summed E-state index contributed by atoms with van der Waals surface area (Å²) in [5.41, 5.74) is 6.04. The van der Waals surface area contributed by atoms with Crippen molar-refractivity contribution in [2.45, 2.75) is 6.54 Å². The average molecular weight is 203 g/mol. The van der Waals surface area contributed by atoms with E-state index in [1.54, 1.807) is 6.07 Å². The lowest BCUT2D eigenvalue weighted by Gasteiger charge is -1.99. The van der Waals surface area contributed by atoms with Crippen LogP contribution < -0.4 is 5.73 Å². The second-order valence-electron chi connectivity index (χ2n) is 1.85. The summed E-state index contributed by atoms with van der Waals surface area (Å²) >= 11 is 3.07. The smallest absolute Gasteiger partial charge is 0.138 e. The number of benzene rings is 1. The third-order valence-corrected chi connectivity index (χ3v) is 2.07. The third-order valence-electron chi connectivity index (χ3n) is 1.18. The highest BCUT2D eigenvalue weighted by atomic mass is 79.9. The summed E-state index contributed by atoms with van der Waals surface area (Å²) in [5, 5.41) is 0. The van der Waals surface area contributed by atoms with Crippen LogP contribution in [-0.4, -0.2) is 0 Å². The normalized spacial score (nSPS) is 9.90. The molecule has 0 bridgehead atoms. The molecule has 0 heterocycles. The lowest BCUT2D eigenvalue weighted by atomic mass is 10.2. The highest BCUT2D eigenvalue weighted by molar-refractivity contribution is 9.10. The zero-order valence-electron chi connectivity index (χ0n) is 5.20. The van der Waals surface area contributed by atoms with Crippen LogP contribution in [0.25, 0.3) is 0 Å². The van der Waals surface area contributed by atoms with E-state index >= 15 is 0 Å². The summed E-state index contributed by atoms with van der Waals surface area (Å²) in [6.45, 7) is 0.328. The first-order valence-electron chi connectivity index (χ1n) is 2.79. The Balaban J connectivity index is 3.14. The molecule has 3 heteroatoms. The molecule has 0 spiro atoms. The van der Waals surface area contributed by atoms with Crippen LogP contribution >= 0.6 is 15.9 Å². The van der Waals surface area contributed by atoms with E-state index in [9.17, 15) is 4.39 Å². The van der Waals surface area contributed by atoms with E-state index in [0.717, 1.165) is 5.56 Å². The van der Waals surface area contributed by atoms with Gasteiger partial charge in [-0.15, -0.1) is 0 Å². The summed E-state index contributed by atoms with van der Waals surface area (Å²) in [6.07, 6.45) is 0. The molecule has 1 radical (unpaired) electrons. The van der Waals surface area contributed by atoms with Crippen molar-refractivity contribution in [2.24, 2.45) is 5.73 Å². The second kappa shape index (κ2) is 3.12. The summed E-state index contributed by atoms with van der Waals surface area (Å²) in [5.74, 6) is -0.317. The summed E-state index contributed by atoms with van der Waals surface area (Å²) in [4.78, 5) is 0. The van der Waals surface area contributed by atoms with Crippen LogP contribution in [-0.2, 0) is 6.54 Å². The third kappa shape index (κ3) is 1.36. The topological polar surface area (TPSA) is 26.0 Å². The number of nitrogens with two attached hydrogens (primary N) is 1. The lowest BCUT2D eigenvalue weighted by Crippen LogP contribution is -1.98. The molecule has 10 heavy (non-hydrogen) atoms. The van der Waals surface area contributed by atoms with E-state index in [0.29, 0.717) is 11.0 Å². The quantitative estimate of drug-likeness (QED) is 0.740. The number of halogens is 2. The van der Waals surface area contributed by atoms with Crippen molar-refractivity contribution in [2.75, 3.05) is 0 Å². The molecule has 2 N–H and O–H groups in total. The van der Waals surface area contributed by atoms with E-state index in [1.807, 2.05) is 0 Å². The molecule has 0 fully saturated rings. The molecular weight excluding hydrogens is 197 g/mol. The van der Waals surface area contributed by atoms with E-state index in [4.69, 9.17) is 5.73 Å². The van der Waals surface area contributed by atoms with E-state index in [2.05, 4.69) is 22.0 Å².